The van der Waals surface area contributed by atoms with Crippen molar-refractivity contribution in [1.82, 2.24) is 9.97 Å². The number of hydrogen-bond acceptors (Lipinski definition) is 4. The Balaban J connectivity index is 1.09. The SMILES string of the molecule is c1ccc(-c2ccc3c(oc4ccccc43)c2-c2cc(-c3cccc4c3oc3ccccc34)nc(-c3ccc(C45CC6CC(CC(C6)C4)C5)cc3)n2)cc1. The molecule has 260 valence electrons. The van der Waals surface area contributed by atoms with Gasteiger partial charge in [0.2, 0.25) is 0 Å². The van der Waals surface area contributed by atoms with Gasteiger partial charge in [-0.2, -0.15) is 0 Å². The van der Waals surface area contributed by atoms with E-state index in [1.165, 1.54) is 44.1 Å². The van der Waals surface area contributed by atoms with Crippen LogP contribution < -0.4 is 0 Å². The zero-order chi connectivity index (χ0) is 35.4. The molecule has 0 N–H and O–H groups in total. The molecule has 4 saturated carbocycles. The highest BCUT2D eigenvalue weighted by atomic mass is 16.3. The second kappa shape index (κ2) is 11.5. The highest BCUT2D eigenvalue weighted by Gasteiger charge is 2.51. The molecule has 0 amide bonds. The highest BCUT2D eigenvalue weighted by Crippen LogP contribution is 2.60. The van der Waals surface area contributed by atoms with Crippen LogP contribution in [0.5, 0.6) is 0 Å². The minimum atomic E-state index is 0.333. The number of benzene rings is 6. The number of rotatable bonds is 5. The molecule has 0 atom stereocenters. The van der Waals surface area contributed by atoms with Crippen molar-refractivity contribution in [1.29, 1.82) is 0 Å². The smallest absolute Gasteiger partial charge is 0.160 e. The van der Waals surface area contributed by atoms with Gasteiger partial charge in [-0.15, -0.1) is 0 Å². The molecule has 4 nitrogen and oxygen atoms in total. The molecule has 0 unspecified atom stereocenters. The summed E-state index contributed by atoms with van der Waals surface area (Å²) in [7, 11) is 0. The quantitative estimate of drug-likeness (QED) is 0.180. The molecule has 4 fully saturated rings. The highest BCUT2D eigenvalue weighted by molar-refractivity contribution is 6.13. The van der Waals surface area contributed by atoms with Crippen LogP contribution in [0.3, 0.4) is 0 Å². The molecule has 4 aliphatic carbocycles. The largest absolute Gasteiger partial charge is 0.455 e. The lowest BCUT2D eigenvalue weighted by atomic mass is 9.48. The molecule has 13 rings (SSSR count). The fourth-order valence-electron chi connectivity index (χ4n) is 11.1. The summed E-state index contributed by atoms with van der Waals surface area (Å²) in [6.07, 6.45) is 8.38. The third kappa shape index (κ3) is 4.62. The predicted octanol–water partition coefficient (Wildman–Crippen LogP) is 13.4. The summed E-state index contributed by atoms with van der Waals surface area (Å²) >= 11 is 0. The summed E-state index contributed by atoms with van der Waals surface area (Å²) in [5.74, 6) is 3.40. The number of nitrogens with zero attached hydrogens (tertiary/aromatic N) is 2. The standard InChI is InChI=1S/C50H38N2O2/c1-2-9-33(10-3-1)36-21-22-40-38-12-5-7-16-45(38)54-48(40)46(36)43-26-42(41-14-8-13-39-37-11-4-6-15-44(37)53-47(39)41)51-49(52-43)34-17-19-35(20-18-34)50-27-30-23-31(28-50)25-32(24-30)29-50/h1-22,26,30-32H,23-25,27-29H2. The zero-order valence-electron chi connectivity index (χ0n) is 30.0. The Morgan fingerprint density at radius 1 is 0.463 bits per heavy atom. The van der Waals surface area contributed by atoms with Crippen LogP contribution >= 0.6 is 0 Å². The second-order valence-corrected chi connectivity index (χ2v) is 16.3. The molecule has 6 aromatic carbocycles. The van der Waals surface area contributed by atoms with Crippen molar-refractivity contribution in [3.05, 3.63) is 145 Å². The Morgan fingerprint density at radius 2 is 1.06 bits per heavy atom. The van der Waals surface area contributed by atoms with E-state index in [9.17, 15) is 0 Å². The van der Waals surface area contributed by atoms with Gasteiger partial charge in [0.25, 0.3) is 0 Å². The maximum Gasteiger partial charge on any atom is 0.160 e. The lowest BCUT2D eigenvalue weighted by Crippen LogP contribution is -2.48. The number of furan rings is 2. The van der Waals surface area contributed by atoms with E-state index in [1.807, 2.05) is 24.3 Å². The van der Waals surface area contributed by atoms with E-state index in [0.29, 0.717) is 11.2 Å². The average Bonchev–Trinajstić information content (AvgIpc) is 3.79. The van der Waals surface area contributed by atoms with Gasteiger partial charge in [-0.1, -0.05) is 109 Å². The van der Waals surface area contributed by atoms with E-state index in [1.54, 1.807) is 0 Å². The van der Waals surface area contributed by atoms with E-state index >= 15 is 0 Å². The Labute approximate surface area is 313 Å². The van der Waals surface area contributed by atoms with Crippen molar-refractivity contribution in [3.63, 3.8) is 0 Å². The first-order valence-corrected chi connectivity index (χ1v) is 19.6. The van der Waals surface area contributed by atoms with E-state index in [0.717, 1.165) is 101 Å². The van der Waals surface area contributed by atoms with Gasteiger partial charge in [-0.25, -0.2) is 9.97 Å². The third-order valence-corrected chi connectivity index (χ3v) is 13.1. The number of para-hydroxylation sites is 3. The molecule has 4 bridgehead atoms. The second-order valence-electron chi connectivity index (χ2n) is 16.3. The first-order chi connectivity index (χ1) is 26.7. The van der Waals surface area contributed by atoms with Crippen LogP contribution in [0, 0.1) is 17.8 Å². The summed E-state index contributed by atoms with van der Waals surface area (Å²) in [4.78, 5) is 10.8. The minimum absolute atomic E-state index is 0.333. The molecule has 0 radical (unpaired) electrons. The Kier molecular flexibility index (Phi) is 6.49. The number of hydrogen-bond donors (Lipinski definition) is 0. The molecule has 0 spiro atoms. The van der Waals surface area contributed by atoms with Crippen molar-refractivity contribution in [2.45, 2.75) is 43.9 Å². The number of aromatic nitrogens is 2. The molecule has 3 aromatic heterocycles. The number of fused-ring (bicyclic) bond motifs is 6. The van der Waals surface area contributed by atoms with Gasteiger partial charge in [0.15, 0.2) is 5.82 Å². The summed E-state index contributed by atoms with van der Waals surface area (Å²) in [6, 6.07) is 49.4. The van der Waals surface area contributed by atoms with Crippen molar-refractivity contribution in [3.8, 4) is 45.0 Å². The van der Waals surface area contributed by atoms with Crippen LogP contribution in [0.15, 0.2) is 148 Å². The monoisotopic (exact) mass is 698 g/mol. The molecule has 4 aliphatic rings. The van der Waals surface area contributed by atoms with Gasteiger partial charge in [0.05, 0.1) is 17.0 Å². The normalized spacial score (nSPS) is 21.9. The Bertz CT molecular complexity index is 2880. The van der Waals surface area contributed by atoms with E-state index < -0.39 is 0 Å². The van der Waals surface area contributed by atoms with Gasteiger partial charge in [-0.05, 0) is 109 Å². The van der Waals surface area contributed by atoms with Crippen molar-refractivity contribution in [2.24, 2.45) is 17.8 Å². The summed E-state index contributed by atoms with van der Waals surface area (Å²) in [5, 5.41) is 4.34. The molecular weight excluding hydrogens is 661 g/mol. The summed E-state index contributed by atoms with van der Waals surface area (Å²) < 4.78 is 13.3. The molecule has 3 heterocycles. The fraction of sp³-hybridized carbons (Fsp3) is 0.200. The lowest BCUT2D eigenvalue weighted by molar-refractivity contribution is -0.00518. The molecule has 54 heavy (non-hydrogen) atoms. The lowest BCUT2D eigenvalue weighted by Gasteiger charge is -2.57. The van der Waals surface area contributed by atoms with E-state index in [4.69, 9.17) is 18.8 Å². The van der Waals surface area contributed by atoms with Crippen LogP contribution in [-0.2, 0) is 5.41 Å². The molecular formula is C50H38N2O2. The third-order valence-electron chi connectivity index (χ3n) is 13.1. The topological polar surface area (TPSA) is 52.1 Å². The van der Waals surface area contributed by atoms with Crippen LogP contribution in [0.4, 0.5) is 0 Å². The van der Waals surface area contributed by atoms with E-state index in [-0.39, 0.29) is 0 Å². The Morgan fingerprint density at radius 3 is 1.76 bits per heavy atom. The molecule has 4 heteroatoms. The first kappa shape index (κ1) is 30.5. The van der Waals surface area contributed by atoms with Gasteiger partial charge in [0, 0.05) is 32.7 Å². The molecule has 0 saturated heterocycles. The average molecular weight is 699 g/mol. The maximum atomic E-state index is 6.76. The van der Waals surface area contributed by atoms with Crippen LogP contribution in [-0.4, -0.2) is 9.97 Å². The Hall–Kier alpha value is -6.00. The van der Waals surface area contributed by atoms with Gasteiger partial charge >= 0.3 is 0 Å². The van der Waals surface area contributed by atoms with Gasteiger partial charge < -0.3 is 8.83 Å². The first-order valence-electron chi connectivity index (χ1n) is 19.6. The van der Waals surface area contributed by atoms with Gasteiger partial charge in [-0.3, -0.25) is 0 Å². The zero-order valence-corrected chi connectivity index (χ0v) is 30.0. The minimum Gasteiger partial charge on any atom is -0.455 e. The van der Waals surface area contributed by atoms with Crippen molar-refractivity contribution >= 4 is 43.9 Å². The van der Waals surface area contributed by atoms with Gasteiger partial charge in [0.1, 0.15) is 22.3 Å². The predicted molar refractivity (Wildman–Crippen MR) is 218 cm³/mol. The maximum absolute atomic E-state index is 6.76. The van der Waals surface area contributed by atoms with Crippen LogP contribution in [0.1, 0.15) is 44.1 Å². The van der Waals surface area contributed by atoms with E-state index in [2.05, 4.69) is 115 Å². The summed E-state index contributed by atoms with van der Waals surface area (Å²) in [5.41, 5.74) is 12.0. The summed E-state index contributed by atoms with van der Waals surface area (Å²) in [6.45, 7) is 0. The molecule has 0 aliphatic heterocycles. The fourth-order valence-corrected chi connectivity index (χ4v) is 11.1. The van der Waals surface area contributed by atoms with Crippen molar-refractivity contribution in [2.75, 3.05) is 0 Å². The van der Waals surface area contributed by atoms with Crippen molar-refractivity contribution < 1.29 is 8.83 Å². The van der Waals surface area contributed by atoms with Crippen LogP contribution in [0.2, 0.25) is 0 Å². The van der Waals surface area contributed by atoms with Crippen LogP contribution in [0.25, 0.3) is 88.9 Å². The molecule has 9 aromatic rings.